The van der Waals surface area contributed by atoms with Gasteiger partial charge in [0.25, 0.3) is 0 Å². The van der Waals surface area contributed by atoms with Crippen LogP contribution in [0.25, 0.3) is 10.8 Å². The molecule has 0 aliphatic carbocycles. The van der Waals surface area contributed by atoms with Gasteiger partial charge in [0.05, 0.1) is 6.42 Å². The topological polar surface area (TPSA) is 53.2 Å². The Bertz CT molecular complexity index is 1120. The van der Waals surface area contributed by atoms with Crippen LogP contribution in [0.1, 0.15) is 30.5 Å². The normalized spacial score (nSPS) is 12.3. The van der Waals surface area contributed by atoms with Gasteiger partial charge in [0, 0.05) is 5.69 Å². The van der Waals surface area contributed by atoms with Gasteiger partial charge in [-0.3, -0.25) is 4.79 Å². The quantitative estimate of drug-likeness (QED) is 0.193. The fourth-order valence-corrected chi connectivity index (χ4v) is 4.26. The summed E-state index contributed by atoms with van der Waals surface area (Å²) in [6, 6.07) is 19.9. The lowest BCUT2D eigenvalue weighted by Crippen LogP contribution is -2.56. The fourth-order valence-electron chi connectivity index (χ4n) is 3.72. The average molecular weight is 523 g/mol. The molecule has 0 heterocycles. The van der Waals surface area contributed by atoms with E-state index in [1.54, 1.807) is 0 Å². The monoisotopic (exact) mass is 521 g/mol. The second kappa shape index (κ2) is 11.4. The standard InChI is InChI=1S/C25H26Cl3N3OS/c1-3-16-10-7-11-17(4-2)22(16)30-24(33)31-23(25(26,27)28)29-21(32)15-19-13-8-12-18-9-5-6-14-20(18)19/h5-14,23H,3-4,15H2,1-2H3,(H,29,32)(H2,30,31,33). The van der Waals surface area contributed by atoms with Crippen LogP contribution >= 0.6 is 47.0 Å². The first-order valence-corrected chi connectivity index (χ1v) is 12.3. The number of aryl methyl sites for hydroxylation is 2. The maximum absolute atomic E-state index is 12.9. The SMILES string of the molecule is CCc1cccc(CC)c1NC(=S)NC(NC(=O)Cc1cccc2ccccc12)C(Cl)(Cl)Cl. The predicted octanol–water partition coefficient (Wildman–Crippen LogP) is 6.31. The molecule has 174 valence electrons. The highest BCUT2D eigenvalue weighted by Crippen LogP contribution is 2.30. The molecule has 0 saturated carbocycles. The second-order valence-electron chi connectivity index (χ2n) is 7.61. The lowest BCUT2D eigenvalue weighted by Gasteiger charge is -2.28. The predicted molar refractivity (Wildman–Crippen MR) is 144 cm³/mol. The molecule has 0 spiro atoms. The van der Waals surface area contributed by atoms with Crippen molar-refractivity contribution in [2.24, 2.45) is 0 Å². The van der Waals surface area contributed by atoms with Crippen LogP contribution in [0.2, 0.25) is 0 Å². The number of fused-ring (bicyclic) bond motifs is 1. The molecule has 0 saturated heterocycles. The Labute approximate surface area is 215 Å². The minimum absolute atomic E-state index is 0.138. The smallest absolute Gasteiger partial charge is 0.228 e. The molecule has 4 nitrogen and oxygen atoms in total. The molecule has 0 aliphatic heterocycles. The Morgan fingerprint density at radius 2 is 1.45 bits per heavy atom. The van der Waals surface area contributed by atoms with Gasteiger partial charge in [-0.1, -0.05) is 109 Å². The van der Waals surface area contributed by atoms with E-state index in [1.807, 2.05) is 60.7 Å². The van der Waals surface area contributed by atoms with Crippen molar-refractivity contribution in [2.75, 3.05) is 5.32 Å². The molecule has 33 heavy (non-hydrogen) atoms. The number of carbonyl (C=O) groups is 1. The molecule has 0 aliphatic rings. The molecule has 0 radical (unpaired) electrons. The summed E-state index contributed by atoms with van der Waals surface area (Å²) < 4.78 is -1.82. The summed E-state index contributed by atoms with van der Waals surface area (Å²) in [4.78, 5) is 12.9. The maximum Gasteiger partial charge on any atom is 0.228 e. The molecule has 0 bridgehead atoms. The highest BCUT2D eigenvalue weighted by Gasteiger charge is 2.34. The van der Waals surface area contributed by atoms with E-state index in [4.69, 9.17) is 47.0 Å². The van der Waals surface area contributed by atoms with Crippen LogP contribution in [0.3, 0.4) is 0 Å². The van der Waals surface area contributed by atoms with E-state index in [2.05, 4.69) is 29.8 Å². The van der Waals surface area contributed by atoms with Crippen LogP contribution < -0.4 is 16.0 Å². The fraction of sp³-hybridized carbons (Fsp3) is 0.280. The summed E-state index contributed by atoms with van der Waals surface area (Å²) in [5.74, 6) is -0.291. The van der Waals surface area contributed by atoms with Gasteiger partial charge >= 0.3 is 0 Å². The number of nitrogens with one attached hydrogen (secondary N) is 3. The van der Waals surface area contributed by atoms with Crippen molar-refractivity contribution in [2.45, 2.75) is 43.1 Å². The van der Waals surface area contributed by atoms with E-state index in [-0.39, 0.29) is 17.4 Å². The van der Waals surface area contributed by atoms with E-state index in [9.17, 15) is 4.79 Å². The van der Waals surface area contributed by atoms with Crippen molar-refractivity contribution in [3.05, 3.63) is 77.4 Å². The van der Waals surface area contributed by atoms with E-state index >= 15 is 0 Å². The number of thiocarbonyl (C=S) groups is 1. The first-order chi connectivity index (χ1) is 15.7. The Morgan fingerprint density at radius 3 is 2.09 bits per heavy atom. The molecule has 1 amide bonds. The minimum atomic E-state index is -1.82. The van der Waals surface area contributed by atoms with Crippen LogP contribution in [0.5, 0.6) is 0 Å². The second-order valence-corrected chi connectivity index (χ2v) is 10.4. The zero-order valence-electron chi connectivity index (χ0n) is 18.4. The molecular weight excluding hydrogens is 497 g/mol. The van der Waals surface area contributed by atoms with E-state index in [1.165, 1.54) is 0 Å². The molecule has 1 atom stereocenters. The van der Waals surface area contributed by atoms with Gasteiger partial charge in [-0.25, -0.2) is 0 Å². The molecule has 8 heteroatoms. The van der Waals surface area contributed by atoms with Crippen molar-refractivity contribution in [1.29, 1.82) is 0 Å². The van der Waals surface area contributed by atoms with Crippen LogP contribution in [0, 0.1) is 0 Å². The number of alkyl halides is 3. The van der Waals surface area contributed by atoms with Crippen molar-refractivity contribution in [1.82, 2.24) is 10.6 Å². The molecule has 3 aromatic carbocycles. The highest BCUT2D eigenvalue weighted by molar-refractivity contribution is 7.80. The third-order valence-corrected chi connectivity index (χ3v) is 6.25. The maximum atomic E-state index is 12.9. The molecule has 3 rings (SSSR count). The molecular formula is C25H26Cl3N3OS. The number of hydrogen-bond donors (Lipinski definition) is 3. The molecule has 1 unspecified atom stereocenters. The van der Waals surface area contributed by atoms with Gasteiger partial charge in [0.15, 0.2) is 5.11 Å². The summed E-state index contributed by atoms with van der Waals surface area (Å²) in [6.45, 7) is 4.15. The minimum Gasteiger partial charge on any atom is -0.339 e. The van der Waals surface area contributed by atoms with Crippen LogP contribution in [-0.2, 0) is 24.1 Å². The number of benzene rings is 3. The lowest BCUT2D eigenvalue weighted by molar-refractivity contribution is -0.121. The molecule has 0 fully saturated rings. The van der Waals surface area contributed by atoms with Gasteiger partial charge in [-0.2, -0.15) is 0 Å². The number of hydrogen-bond acceptors (Lipinski definition) is 2. The lowest BCUT2D eigenvalue weighted by atomic mass is 10.0. The van der Waals surface area contributed by atoms with E-state index in [0.717, 1.165) is 46.0 Å². The van der Waals surface area contributed by atoms with Gasteiger partial charge in [0.1, 0.15) is 6.17 Å². The molecule has 0 aromatic heterocycles. The Morgan fingerprint density at radius 1 is 0.879 bits per heavy atom. The third kappa shape index (κ3) is 6.73. The van der Waals surface area contributed by atoms with Crippen molar-refractivity contribution < 1.29 is 4.79 Å². The first-order valence-electron chi connectivity index (χ1n) is 10.7. The van der Waals surface area contributed by atoms with Crippen LogP contribution in [-0.4, -0.2) is 21.0 Å². The summed E-state index contributed by atoms with van der Waals surface area (Å²) >= 11 is 24.0. The molecule has 3 aromatic rings. The number of para-hydroxylation sites is 1. The Balaban J connectivity index is 1.73. The van der Waals surface area contributed by atoms with Crippen LogP contribution in [0.15, 0.2) is 60.7 Å². The zero-order valence-corrected chi connectivity index (χ0v) is 21.5. The summed E-state index contributed by atoms with van der Waals surface area (Å²) in [5, 5.41) is 11.3. The van der Waals surface area contributed by atoms with Crippen molar-refractivity contribution >= 4 is 74.5 Å². The average Bonchev–Trinajstić information content (AvgIpc) is 2.78. The number of anilines is 1. The van der Waals surface area contributed by atoms with Gasteiger partial charge in [-0.05, 0) is 52.5 Å². The van der Waals surface area contributed by atoms with E-state index < -0.39 is 9.96 Å². The van der Waals surface area contributed by atoms with Crippen LogP contribution in [0.4, 0.5) is 5.69 Å². The van der Waals surface area contributed by atoms with Gasteiger partial charge in [0.2, 0.25) is 9.70 Å². The van der Waals surface area contributed by atoms with E-state index in [0.29, 0.717) is 0 Å². The number of carbonyl (C=O) groups excluding carboxylic acids is 1. The largest absolute Gasteiger partial charge is 0.339 e. The third-order valence-electron chi connectivity index (χ3n) is 5.38. The van der Waals surface area contributed by atoms with Gasteiger partial charge in [-0.15, -0.1) is 0 Å². The summed E-state index contributed by atoms with van der Waals surface area (Å²) in [6.07, 6.45) is 0.797. The number of halogens is 3. The first kappa shape index (κ1) is 25.6. The number of amides is 1. The van der Waals surface area contributed by atoms with Gasteiger partial charge < -0.3 is 16.0 Å². The Kier molecular flexibility index (Phi) is 8.82. The molecule has 3 N–H and O–H groups in total. The van der Waals surface area contributed by atoms with Crippen molar-refractivity contribution in [3.63, 3.8) is 0 Å². The highest BCUT2D eigenvalue weighted by atomic mass is 35.6. The number of rotatable bonds is 7. The van der Waals surface area contributed by atoms with Crippen molar-refractivity contribution in [3.8, 4) is 0 Å². The summed E-state index contributed by atoms with van der Waals surface area (Å²) in [7, 11) is 0. The zero-order chi connectivity index (χ0) is 24.0. The Hall–Kier alpha value is -2.05. The summed E-state index contributed by atoms with van der Waals surface area (Å²) in [5.41, 5.74) is 4.08.